The molecule has 1 amide bonds. The van der Waals surface area contributed by atoms with Crippen LogP contribution in [0.2, 0.25) is 0 Å². The van der Waals surface area contributed by atoms with E-state index < -0.39 is 11.8 Å². The highest BCUT2D eigenvalue weighted by Crippen LogP contribution is 2.35. The molecule has 1 aromatic rings. The van der Waals surface area contributed by atoms with Crippen molar-refractivity contribution in [2.75, 3.05) is 13.1 Å². The van der Waals surface area contributed by atoms with E-state index in [4.69, 9.17) is 14.7 Å². The van der Waals surface area contributed by atoms with Gasteiger partial charge in [-0.25, -0.2) is 4.79 Å². The molecule has 4 rings (SSSR count). The summed E-state index contributed by atoms with van der Waals surface area (Å²) < 4.78 is 6.07. The van der Waals surface area contributed by atoms with Crippen LogP contribution in [0.15, 0.2) is 35.5 Å². The molecule has 1 aromatic carbocycles. The molecule has 1 saturated carbocycles. The maximum atomic E-state index is 12.8. The second-order valence-corrected chi connectivity index (χ2v) is 8.12. The van der Waals surface area contributed by atoms with Crippen molar-refractivity contribution in [2.24, 2.45) is 5.16 Å². The Hall–Kier alpha value is -2.65. The Balaban J connectivity index is 1.25. The van der Waals surface area contributed by atoms with Gasteiger partial charge in [-0.05, 0) is 24.8 Å². The van der Waals surface area contributed by atoms with Gasteiger partial charge in [0.25, 0.3) is 5.91 Å². The van der Waals surface area contributed by atoms with E-state index in [1.165, 1.54) is 5.06 Å². The summed E-state index contributed by atoms with van der Waals surface area (Å²) in [6, 6.07) is 9.96. The van der Waals surface area contributed by atoms with Gasteiger partial charge in [0.15, 0.2) is 0 Å². The topological polar surface area (TPSA) is 110 Å². The van der Waals surface area contributed by atoms with Crippen molar-refractivity contribution < 1.29 is 29.1 Å². The molecular formula is C21H27N3O6. The number of benzene rings is 1. The number of piperidine rings is 1. The molecule has 1 unspecified atom stereocenters. The smallest absolute Gasteiger partial charge is 0.448 e. The molecule has 1 aliphatic carbocycles. The molecule has 9 heteroatoms. The van der Waals surface area contributed by atoms with Gasteiger partial charge in [-0.15, -0.1) is 5.06 Å². The number of amides is 1. The van der Waals surface area contributed by atoms with Crippen LogP contribution in [0, 0.1) is 0 Å². The fraction of sp³-hybridized carbons (Fsp3) is 0.571. The zero-order valence-electron chi connectivity index (χ0n) is 16.8. The molecule has 9 nitrogen and oxygen atoms in total. The summed E-state index contributed by atoms with van der Waals surface area (Å²) in [7, 11) is 0. The molecule has 0 radical (unpaired) electrons. The fourth-order valence-corrected chi connectivity index (χ4v) is 4.33. The molecule has 1 saturated heterocycles. The zero-order chi connectivity index (χ0) is 21.0. The second kappa shape index (κ2) is 9.01. The monoisotopic (exact) mass is 417 g/mol. The van der Waals surface area contributed by atoms with Crippen LogP contribution in [-0.2, 0) is 25.8 Å². The van der Waals surface area contributed by atoms with Crippen LogP contribution < -0.4 is 5.32 Å². The number of hydroxylamine groups is 2. The quantitative estimate of drug-likeness (QED) is 0.732. The van der Waals surface area contributed by atoms with Crippen molar-refractivity contribution in [3.63, 3.8) is 0 Å². The minimum absolute atomic E-state index is 0.0116. The number of nitrogens with zero attached hydrogens (tertiary/aromatic N) is 2. The van der Waals surface area contributed by atoms with Crippen LogP contribution in [0.25, 0.3) is 0 Å². The largest absolute Gasteiger partial charge is 0.525 e. The third kappa shape index (κ3) is 4.91. The number of carbonyl (C=O) groups is 2. The van der Waals surface area contributed by atoms with Gasteiger partial charge < -0.3 is 24.8 Å². The SMILES string of the molecule is O=C(O)ON1CCC2(CC1)CC(C(=O)NC1CCC[C@H]1OCc1ccccc1)=NO2. The van der Waals surface area contributed by atoms with E-state index in [0.717, 1.165) is 24.8 Å². The molecule has 0 aromatic heterocycles. The van der Waals surface area contributed by atoms with Crippen molar-refractivity contribution >= 4 is 17.8 Å². The van der Waals surface area contributed by atoms with Crippen molar-refractivity contribution in [3.05, 3.63) is 35.9 Å². The van der Waals surface area contributed by atoms with Crippen LogP contribution in [0.3, 0.4) is 0 Å². The van der Waals surface area contributed by atoms with Gasteiger partial charge in [0, 0.05) is 32.4 Å². The molecule has 162 valence electrons. The number of carbonyl (C=O) groups excluding carboxylic acids is 1. The third-order valence-corrected chi connectivity index (χ3v) is 6.02. The second-order valence-electron chi connectivity index (χ2n) is 8.12. The van der Waals surface area contributed by atoms with Gasteiger partial charge in [-0.3, -0.25) is 4.79 Å². The maximum Gasteiger partial charge on any atom is 0.525 e. The normalized spacial score (nSPS) is 25.5. The summed E-state index contributed by atoms with van der Waals surface area (Å²) in [6.07, 6.45) is 2.99. The minimum atomic E-state index is -1.32. The average Bonchev–Trinajstić information content (AvgIpc) is 3.36. The van der Waals surface area contributed by atoms with Crippen molar-refractivity contribution in [2.45, 2.75) is 62.9 Å². The van der Waals surface area contributed by atoms with E-state index in [-0.39, 0.29) is 18.1 Å². The Bertz CT molecular complexity index is 791. The number of oxime groups is 1. The molecule has 2 N–H and O–H groups in total. The first-order chi connectivity index (χ1) is 14.5. The first-order valence-electron chi connectivity index (χ1n) is 10.4. The van der Waals surface area contributed by atoms with E-state index >= 15 is 0 Å². The predicted octanol–water partition coefficient (Wildman–Crippen LogP) is 2.46. The molecular weight excluding hydrogens is 390 g/mol. The van der Waals surface area contributed by atoms with Crippen LogP contribution in [-0.4, -0.2) is 58.8 Å². The van der Waals surface area contributed by atoms with Crippen molar-refractivity contribution in [3.8, 4) is 0 Å². The standard InChI is InChI=1S/C21H27N3O6/c25-19(17-13-21(30-23-17)9-11-24(12-10-21)29-20(26)27)22-16-7-4-8-18(16)28-14-15-5-2-1-3-6-15/h1-3,5-6,16,18H,4,7-14H2,(H,22,25)(H,26,27)/t16?,18-/m1/s1. The summed E-state index contributed by atoms with van der Waals surface area (Å²) >= 11 is 0. The Kier molecular flexibility index (Phi) is 6.19. The van der Waals surface area contributed by atoms with Gasteiger partial charge >= 0.3 is 6.16 Å². The summed E-state index contributed by atoms with van der Waals surface area (Å²) in [5.41, 5.74) is 0.948. The first-order valence-corrected chi connectivity index (χ1v) is 10.4. The Morgan fingerprint density at radius 3 is 2.73 bits per heavy atom. The van der Waals surface area contributed by atoms with Gasteiger partial charge in [0.1, 0.15) is 11.3 Å². The van der Waals surface area contributed by atoms with Crippen LogP contribution in [0.5, 0.6) is 0 Å². The third-order valence-electron chi connectivity index (χ3n) is 6.02. The molecule has 30 heavy (non-hydrogen) atoms. The highest BCUT2D eigenvalue weighted by Gasteiger charge is 2.45. The zero-order valence-corrected chi connectivity index (χ0v) is 16.8. The molecule has 2 heterocycles. The number of nitrogens with one attached hydrogen (secondary N) is 1. The van der Waals surface area contributed by atoms with Gasteiger partial charge in [0.05, 0.1) is 18.8 Å². The predicted molar refractivity (Wildman–Crippen MR) is 107 cm³/mol. The molecule has 2 fully saturated rings. The van der Waals surface area contributed by atoms with Crippen molar-refractivity contribution in [1.29, 1.82) is 0 Å². The molecule has 2 atom stereocenters. The highest BCUT2D eigenvalue weighted by molar-refractivity contribution is 6.39. The molecule has 3 aliphatic rings. The van der Waals surface area contributed by atoms with Crippen LogP contribution in [0.1, 0.15) is 44.1 Å². The summed E-state index contributed by atoms with van der Waals surface area (Å²) in [5, 5.41) is 17.2. The Labute approximate surface area is 174 Å². The maximum absolute atomic E-state index is 12.8. The molecule has 2 aliphatic heterocycles. The molecule has 0 bridgehead atoms. The van der Waals surface area contributed by atoms with E-state index in [0.29, 0.717) is 44.7 Å². The van der Waals surface area contributed by atoms with Crippen molar-refractivity contribution in [1.82, 2.24) is 10.4 Å². The van der Waals surface area contributed by atoms with E-state index in [1.807, 2.05) is 30.3 Å². The summed E-state index contributed by atoms with van der Waals surface area (Å²) in [4.78, 5) is 33.7. The number of hydrogen-bond donors (Lipinski definition) is 2. The van der Waals surface area contributed by atoms with Crippen LogP contribution >= 0.6 is 0 Å². The lowest BCUT2D eigenvalue weighted by atomic mass is 9.87. The minimum Gasteiger partial charge on any atom is -0.448 e. The lowest BCUT2D eigenvalue weighted by molar-refractivity contribution is -0.168. The Morgan fingerprint density at radius 1 is 1.23 bits per heavy atom. The first kappa shape index (κ1) is 20.6. The fourth-order valence-electron chi connectivity index (χ4n) is 4.33. The van der Waals surface area contributed by atoms with E-state index in [2.05, 4.69) is 15.3 Å². The van der Waals surface area contributed by atoms with E-state index in [1.54, 1.807) is 0 Å². The van der Waals surface area contributed by atoms with Gasteiger partial charge in [0.2, 0.25) is 0 Å². The van der Waals surface area contributed by atoms with E-state index in [9.17, 15) is 9.59 Å². The van der Waals surface area contributed by atoms with Gasteiger partial charge in [-0.1, -0.05) is 35.5 Å². The number of rotatable bonds is 6. The number of hydrogen-bond acceptors (Lipinski definition) is 7. The number of carboxylic acid groups (broad SMARTS) is 1. The lowest BCUT2D eigenvalue weighted by Gasteiger charge is -2.35. The number of ether oxygens (including phenoxy) is 1. The van der Waals surface area contributed by atoms with Gasteiger partial charge in [-0.2, -0.15) is 0 Å². The van der Waals surface area contributed by atoms with Crippen LogP contribution in [0.4, 0.5) is 4.79 Å². The highest BCUT2D eigenvalue weighted by atomic mass is 16.8. The average molecular weight is 417 g/mol. The molecule has 1 spiro atoms. The lowest BCUT2D eigenvalue weighted by Crippen LogP contribution is -2.47. The summed E-state index contributed by atoms with van der Waals surface area (Å²) in [5.74, 6) is -0.212. The summed E-state index contributed by atoms with van der Waals surface area (Å²) in [6.45, 7) is 1.35. The Morgan fingerprint density at radius 2 is 2.00 bits per heavy atom.